The summed E-state index contributed by atoms with van der Waals surface area (Å²) < 4.78 is 0. The highest BCUT2D eigenvalue weighted by molar-refractivity contribution is 5.36. The SMILES string of the molecule is CC(C)c1c[nH]c2c1CCC2. The first-order valence-electron chi connectivity index (χ1n) is 4.48. The van der Waals surface area contributed by atoms with E-state index in [0.717, 1.165) is 0 Å². The second-order valence-corrected chi connectivity index (χ2v) is 3.71. The normalized spacial score (nSPS) is 15.9. The molecule has 11 heavy (non-hydrogen) atoms. The predicted molar refractivity (Wildman–Crippen MR) is 46.9 cm³/mol. The Kier molecular flexibility index (Phi) is 1.52. The molecule has 1 aliphatic carbocycles. The summed E-state index contributed by atoms with van der Waals surface area (Å²) >= 11 is 0. The molecule has 1 heterocycles. The van der Waals surface area contributed by atoms with Gasteiger partial charge in [0.1, 0.15) is 0 Å². The van der Waals surface area contributed by atoms with Gasteiger partial charge in [-0.1, -0.05) is 13.8 Å². The lowest BCUT2D eigenvalue weighted by Crippen LogP contribution is -1.88. The van der Waals surface area contributed by atoms with Gasteiger partial charge in [0, 0.05) is 11.9 Å². The van der Waals surface area contributed by atoms with Gasteiger partial charge in [0.15, 0.2) is 0 Å². The molecule has 0 bridgehead atoms. The Bertz CT molecular complexity index is 258. The van der Waals surface area contributed by atoms with Crippen LogP contribution in [0.1, 0.15) is 43.0 Å². The van der Waals surface area contributed by atoms with Gasteiger partial charge >= 0.3 is 0 Å². The number of nitrogens with one attached hydrogen (secondary N) is 1. The molecule has 1 aromatic rings. The molecule has 2 rings (SSSR count). The van der Waals surface area contributed by atoms with Gasteiger partial charge in [-0.15, -0.1) is 0 Å². The lowest BCUT2D eigenvalue weighted by Gasteiger charge is -2.03. The zero-order chi connectivity index (χ0) is 7.84. The minimum Gasteiger partial charge on any atom is -0.364 e. The fourth-order valence-corrected chi connectivity index (χ4v) is 1.99. The van der Waals surface area contributed by atoms with Crippen molar-refractivity contribution in [2.24, 2.45) is 0 Å². The van der Waals surface area contributed by atoms with Crippen LogP contribution in [-0.2, 0) is 12.8 Å². The maximum atomic E-state index is 3.37. The highest BCUT2D eigenvalue weighted by Gasteiger charge is 2.17. The monoisotopic (exact) mass is 149 g/mol. The lowest BCUT2D eigenvalue weighted by atomic mass is 10.0. The van der Waals surface area contributed by atoms with Crippen molar-refractivity contribution in [3.63, 3.8) is 0 Å². The van der Waals surface area contributed by atoms with E-state index in [1.54, 1.807) is 5.56 Å². The molecule has 1 N–H and O–H groups in total. The Balaban J connectivity index is 2.42. The largest absolute Gasteiger partial charge is 0.364 e. The summed E-state index contributed by atoms with van der Waals surface area (Å²) in [5.41, 5.74) is 4.64. The number of hydrogen-bond acceptors (Lipinski definition) is 0. The molecule has 0 fully saturated rings. The summed E-state index contributed by atoms with van der Waals surface area (Å²) in [4.78, 5) is 3.37. The molecule has 0 unspecified atom stereocenters. The van der Waals surface area contributed by atoms with E-state index in [0.29, 0.717) is 5.92 Å². The number of aromatic amines is 1. The maximum absolute atomic E-state index is 3.37. The smallest absolute Gasteiger partial charge is 0.0182 e. The van der Waals surface area contributed by atoms with Crippen LogP contribution in [0.5, 0.6) is 0 Å². The summed E-state index contributed by atoms with van der Waals surface area (Å²) in [6, 6.07) is 0. The summed E-state index contributed by atoms with van der Waals surface area (Å²) in [5.74, 6) is 0.688. The Morgan fingerprint density at radius 1 is 1.36 bits per heavy atom. The molecule has 1 aliphatic rings. The zero-order valence-electron chi connectivity index (χ0n) is 7.28. The van der Waals surface area contributed by atoms with Gasteiger partial charge < -0.3 is 4.98 Å². The van der Waals surface area contributed by atoms with E-state index in [2.05, 4.69) is 25.0 Å². The fourth-order valence-electron chi connectivity index (χ4n) is 1.99. The van der Waals surface area contributed by atoms with Crippen LogP contribution in [0.4, 0.5) is 0 Å². The van der Waals surface area contributed by atoms with Crippen LogP contribution in [0, 0.1) is 0 Å². The van der Waals surface area contributed by atoms with Gasteiger partial charge in [-0.3, -0.25) is 0 Å². The second-order valence-electron chi connectivity index (χ2n) is 3.71. The molecule has 0 spiro atoms. The van der Waals surface area contributed by atoms with E-state index in [-0.39, 0.29) is 0 Å². The average molecular weight is 149 g/mol. The number of rotatable bonds is 1. The van der Waals surface area contributed by atoms with Crippen LogP contribution in [0.3, 0.4) is 0 Å². The van der Waals surface area contributed by atoms with Crippen molar-refractivity contribution >= 4 is 0 Å². The number of fused-ring (bicyclic) bond motifs is 1. The Morgan fingerprint density at radius 3 is 2.91 bits per heavy atom. The molecule has 0 amide bonds. The van der Waals surface area contributed by atoms with Crippen LogP contribution in [0.25, 0.3) is 0 Å². The first-order valence-corrected chi connectivity index (χ1v) is 4.48. The predicted octanol–water partition coefficient (Wildman–Crippen LogP) is 2.63. The van der Waals surface area contributed by atoms with Crippen molar-refractivity contribution in [1.82, 2.24) is 4.98 Å². The topological polar surface area (TPSA) is 15.8 Å². The summed E-state index contributed by atoms with van der Waals surface area (Å²) in [6.45, 7) is 4.53. The molecular weight excluding hydrogens is 134 g/mol. The minimum atomic E-state index is 0.688. The van der Waals surface area contributed by atoms with Crippen LogP contribution in [0.15, 0.2) is 6.20 Å². The van der Waals surface area contributed by atoms with Crippen molar-refractivity contribution in [3.8, 4) is 0 Å². The highest BCUT2D eigenvalue weighted by Crippen LogP contribution is 2.29. The number of H-pyrrole nitrogens is 1. The third-order valence-electron chi connectivity index (χ3n) is 2.59. The second kappa shape index (κ2) is 2.40. The molecular formula is C10H15N. The molecule has 0 aliphatic heterocycles. The van der Waals surface area contributed by atoms with E-state index >= 15 is 0 Å². The fraction of sp³-hybridized carbons (Fsp3) is 0.600. The first-order chi connectivity index (χ1) is 5.29. The van der Waals surface area contributed by atoms with Crippen molar-refractivity contribution in [1.29, 1.82) is 0 Å². The standard InChI is InChI=1S/C10H15N/c1-7(2)9-6-11-10-5-3-4-8(9)10/h6-7,11H,3-5H2,1-2H3. The third-order valence-corrected chi connectivity index (χ3v) is 2.59. The van der Waals surface area contributed by atoms with E-state index in [1.807, 2.05) is 0 Å². The zero-order valence-corrected chi connectivity index (χ0v) is 7.28. The molecule has 0 aromatic carbocycles. The van der Waals surface area contributed by atoms with Crippen LogP contribution in [-0.4, -0.2) is 4.98 Å². The van der Waals surface area contributed by atoms with Crippen molar-refractivity contribution < 1.29 is 0 Å². The van der Waals surface area contributed by atoms with E-state index in [9.17, 15) is 0 Å². The average Bonchev–Trinajstić information content (AvgIpc) is 2.41. The molecule has 0 saturated carbocycles. The van der Waals surface area contributed by atoms with Crippen molar-refractivity contribution in [2.45, 2.75) is 39.0 Å². The van der Waals surface area contributed by atoms with Gasteiger partial charge in [-0.05, 0) is 36.3 Å². The number of aryl methyl sites for hydroxylation is 1. The Labute approximate surface area is 67.8 Å². The number of hydrogen-bond donors (Lipinski definition) is 1. The van der Waals surface area contributed by atoms with Crippen molar-refractivity contribution in [3.05, 3.63) is 23.0 Å². The molecule has 1 aromatic heterocycles. The third kappa shape index (κ3) is 0.991. The van der Waals surface area contributed by atoms with Gasteiger partial charge in [0.2, 0.25) is 0 Å². The number of aromatic nitrogens is 1. The minimum absolute atomic E-state index is 0.688. The lowest BCUT2D eigenvalue weighted by molar-refractivity contribution is 0.831. The Morgan fingerprint density at radius 2 is 2.18 bits per heavy atom. The van der Waals surface area contributed by atoms with Crippen molar-refractivity contribution in [2.75, 3.05) is 0 Å². The maximum Gasteiger partial charge on any atom is 0.0182 e. The summed E-state index contributed by atoms with van der Waals surface area (Å²) in [6.07, 6.45) is 6.10. The molecule has 1 nitrogen and oxygen atoms in total. The van der Waals surface area contributed by atoms with Crippen LogP contribution in [0.2, 0.25) is 0 Å². The van der Waals surface area contributed by atoms with Gasteiger partial charge in [0.05, 0.1) is 0 Å². The van der Waals surface area contributed by atoms with E-state index in [1.165, 1.54) is 30.5 Å². The van der Waals surface area contributed by atoms with Gasteiger partial charge in [0.25, 0.3) is 0 Å². The van der Waals surface area contributed by atoms with Gasteiger partial charge in [-0.25, -0.2) is 0 Å². The van der Waals surface area contributed by atoms with Gasteiger partial charge in [-0.2, -0.15) is 0 Å². The quantitative estimate of drug-likeness (QED) is 0.631. The van der Waals surface area contributed by atoms with E-state index < -0.39 is 0 Å². The van der Waals surface area contributed by atoms with E-state index in [4.69, 9.17) is 0 Å². The summed E-state index contributed by atoms with van der Waals surface area (Å²) in [7, 11) is 0. The Hall–Kier alpha value is -0.720. The first kappa shape index (κ1) is 6.96. The highest BCUT2D eigenvalue weighted by atomic mass is 14.7. The molecule has 0 saturated heterocycles. The molecule has 0 atom stereocenters. The molecule has 1 heteroatoms. The molecule has 60 valence electrons. The van der Waals surface area contributed by atoms with Crippen LogP contribution < -0.4 is 0 Å². The van der Waals surface area contributed by atoms with Crippen LogP contribution >= 0.6 is 0 Å². The summed E-state index contributed by atoms with van der Waals surface area (Å²) in [5, 5.41) is 0. The molecule has 0 radical (unpaired) electrons.